The van der Waals surface area contributed by atoms with Crippen molar-refractivity contribution < 1.29 is 28.2 Å². The lowest BCUT2D eigenvalue weighted by molar-refractivity contribution is -0.181. The first-order valence-corrected chi connectivity index (χ1v) is 13.9. The second-order valence-corrected chi connectivity index (χ2v) is 10.1. The van der Waals surface area contributed by atoms with Crippen molar-refractivity contribution >= 4 is 17.6 Å². The van der Waals surface area contributed by atoms with Crippen molar-refractivity contribution in [2.24, 2.45) is 0 Å². The molecule has 4 aromatic rings. The SMILES string of the molecule is COC(=O)C(F)(Oc1ccccc1)C(=O)Nc1ccc(OC2CCN(C(c3ccccc3)c3ccccc3)CC2)cc1. The highest BCUT2D eigenvalue weighted by molar-refractivity contribution is 6.10. The fourth-order valence-electron chi connectivity index (χ4n) is 5.12. The van der Waals surface area contributed by atoms with Gasteiger partial charge in [-0.05, 0) is 60.4 Å². The second-order valence-electron chi connectivity index (χ2n) is 10.1. The van der Waals surface area contributed by atoms with Crippen LogP contribution in [-0.4, -0.2) is 48.9 Å². The summed E-state index contributed by atoms with van der Waals surface area (Å²) in [5, 5.41) is 2.40. The summed E-state index contributed by atoms with van der Waals surface area (Å²) in [5.74, 6) is -5.48. The minimum Gasteiger partial charge on any atom is -0.490 e. The lowest BCUT2D eigenvalue weighted by Crippen LogP contribution is -2.51. The van der Waals surface area contributed by atoms with E-state index in [-0.39, 0.29) is 23.6 Å². The summed E-state index contributed by atoms with van der Waals surface area (Å²) in [6, 6.07) is 35.6. The average Bonchev–Trinajstić information content (AvgIpc) is 3.04. The van der Waals surface area contributed by atoms with Gasteiger partial charge in [-0.1, -0.05) is 78.9 Å². The number of amides is 1. The highest BCUT2D eigenvalue weighted by Gasteiger charge is 2.51. The minimum atomic E-state index is -3.36. The molecule has 0 saturated carbocycles. The number of nitrogens with one attached hydrogen (secondary N) is 1. The van der Waals surface area contributed by atoms with Crippen LogP contribution in [0.1, 0.15) is 30.0 Å². The Labute approximate surface area is 244 Å². The van der Waals surface area contributed by atoms with Crippen LogP contribution in [0.3, 0.4) is 0 Å². The van der Waals surface area contributed by atoms with Gasteiger partial charge in [0.05, 0.1) is 13.2 Å². The zero-order valence-corrected chi connectivity index (χ0v) is 23.3. The van der Waals surface area contributed by atoms with Crippen LogP contribution in [0, 0.1) is 0 Å². The molecular formula is C34H33FN2O5. The number of nitrogens with zero attached hydrogens (tertiary/aromatic N) is 1. The standard InChI is InChI=1S/C34H33FN2O5/c1-40-33(39)34(35,42-30-15-9-4-10-16-30)32(38)36-27-17-19-28(20-18-27)41-29-21-23-37(24-22-29)31(25-11-5-2-6-12-25)26-13-7-3-8-14-26/h2-20,29,31H,21-24H2,1H3,(H,36,38). The number of carbonyl (C=O) groups is 2. The Hall–Kier alpha value is -4.69. The molecule has 1 aliphatic heterocycles. The summed E-state index contributed by atoms with van der Waals surface area (Å²) in [6.07, 6.45) is 1.75. The van der Waals surface area contributed by atoms with Gasteiger partial charge >= 0.3 is 17.7 Å². The van der Waals surface area contributed by atoms with Crippen LogP contribution in [0.5, 0.6) is 11.5 Å². The number of halogens is 1. The summed E-state index contributed by atoms with van der Waals surface area (Å²) in [7, 11) is 0.985. The molecule has 5 rings (SSSR count). The smallest absolute Gasteiger partial charge is 0.425 e. The van der Waals surface area contributed by atoms with E-state index in [0.29, 0.717) is 5.75 Å². The van der Waals surface area contributed by atoms with E-state index < -0.39 is 17.7 Å². The number of methoxy groups -OCH3 is 1. The number of carbonyl (C=O) groups excluding carboxylic acids is 2. The van der Waals surface area contributed by atoms with Crippen molar-refractivity contribution in [3.8, 4) is 11.5 Å². The van der Waals surface area contributed by atoms with Crippen LogP contribution >= 0.6 is 0 Å². The number of likely N-dealkylation sites (tertiary alicyclic amines) is 1. The summed E-state index contributed by atoms with van der Waals surface area (Å²) in [5.41, 5.74) is 2.80. The Morgan fingerprint density at radius 1 is 0.786 bits per heavy atom. The van der Waals surface area contributed by atoms with Gasteiger partial charge in [-0.15, -0.1) is 0 Å². The number of benzene rings is 4. The first kappa shape index (κ1) is 28.8. The lowest BCUT2D eigenvalue weighted by Gasteiger charge is -2.38. The number of esters is 1. The fraction of sp³-hybridized carbons (Fsp3) is 0.235. The molecule has 7 nitrogen and oxygen atoms in total. The van der Waals surface area contributed by atoms with Crippen LogP contribution in [0.4, 0.5) is 10.1 Å². The van der Waals surface area contributed by atoms with Crippen LogP contribution in [0.25, 0.3) is 0 Å². The maximum atomic E-state index is 15.5. The molecule has 1 atom stereocenters. The molecular weight excluding hydrogens is 535 g/mol. The van der Waals surface area contributed by atoms with Gasteiger partial charge in [-0.25, -0.2) is 4.79 Å². The maximum Gasteiger partial charge on any atom is 0.425 e. The summed E-state index contributed by atoms with van der Waals surface area (Å²) < 4.78 is 31.4. The molecule has 4 aromatic carbocycles. The zero-order valence-electron chi connectivity index (χ0n) is 23.3. The van der Waals surface area contributed by atoms with Crippen molar-refractivity contribution in [1.82, 2.24) is 4.90 Å². The molecule has 42 heavy (non-hydrogen) atoms. The molecule has 1 saturated heterocycles. The highest BCUT2D eigenvalue weighted by Crippen LogP contribution is 2.32. The van der Waals surface area contributed by atoms with Crippen molar-refractivity contribution in [2.75, 3.05) is 25.5 Å². The molecule has 1 aliphatic rings. The van der Waals surface area contributed by atoms with Crippen LogP contribution in [-0.2, 0) is 14.3 Å². The molecule has 0 aliphatic carbocycles. The third kappa shape index (κ3) is 6.78. The van der Waals surface area contributed by atoms with Gasteiger partial charge < -0.3 is 19.5 Å². The second kappa shape index (κ2) is 13.3. The quantitative estimate of drug-likeness (QED) is 0.182. The number of anilines is 1. The Balaban J connectivity index is 1.19. The molecule has 0 bridgehead atoms. The third-order valence-corrected chi connectivity index (χ3v) is 7.23. The zero-order chi connectivity index (χ0) is 29.4. The molecule has 1 N–H and O–H groups in total. The molecule has 1 fully saturated rings. The Bertz CT molecular complexity index is 1410. The van der Waals surface area contributed by atoms with Gasteiger partial charge in [-0.3, -0.25) is 9.69 Å². The molecule has 0 aromatic heterocycles. The number of para-hydroxylation sites is 1. The molecule has 8 heteroatoms. The summed E-state index contributed by atoms with van der Waals surface area (Å²) in [6.45, 7) is 1.75. The number of piperidine rings is 1. The first-order chi connectivity index (χ1) is 20.5. The van der Waals surface area contributed by atoms with Crippen molar-refractivity contribution in [2.45, 2.75) is 30.8 Å². The van der Waals surface area contributed by atoms with Crippen molar-refractivity contribution in [1.29, 1.82) is 0 Å². The number of hydrogen-bond acceptors (Lipinski definition) is 6. The van der Waals surface area contributed by atoms with E-state index in [1.165, 1.54) is 23.3 Å². The highest BCUT2D eigenvalue weighted by atomic mass is 19.2. The monoisotopic (exact) mass is 568 g/mol. The van der Waals surface area contributed by atoms with Gasteiger partial charge in [0.2, 0.25) is 0 Å². The van der Waals surface area contributed by atoms with E-state index in [0.717, 1.165) is 33.0 Å². The Morgan fingerprint density at radius 3 is 1.83 bits per heavy atom. The number of rotatable bonds is 10. The Morgan fingerprint density at radius 2 is 1.31 bits per heavy atom. The largest absolute Gasteiger partial charge is 0.490 e. The minimum absolute atomic E-state index is 0.00852. The third-order valence-electron chi connectivity index (χ3n) is 7.23. The number of alkyl halides is 1. The fourth-order valence-corrected chi connectivity index (χ4v) is 5.12. The van der Waals surface area contributed by atoms with Crippen molar-refractivity contribution in [3.63, 3.8) is 0 Å². The predicted octanol–water partition coefficient (Wildman–Crippen LogP) is 6.18. The molecule has 0 radical (unpaired) electrons. The van der Waals surface area contributed by atoms with E-state index in [2.05, 4.69) is 63.5 Å². The normalized spacial score (nSPS) is 15.4. The van der Waals surface area contributed by atoms with E-state index >= 15 is 4.39 Å². The molecule has 216 valence electrons. The van der Waals surface area contributed by atoms with E-state index in [1.807, 2.05) is 12.1 Å². The van der Waals surface area contributed by atoms with Crippen LogP contribution in [0.2, 0.25) is 0 Å². The van der Waals surface area contributed by atoms with Gasteiger partial charge in [0.25, 0.3) is 0 Å². The summed E-state index contributed by atoms with van der Waals surface area (Å²) in [4.78, 5) is 27.4. The predicted molar refractivity (Wildman–Crippen MR) is 158 cm³/mol. The molecule has 1 heterocycles. The van der Waals surface area contributed by atoms with Gasteiger partial charge in [0.15, 0.2) is 0 Å². The van der Waals surface area contributed by atoms with E-state index in [1.54, 1.807) is 42.5 Å². The number of ether oxygens (including phenoxy) is 3. The molecule has 1 amide bonds. The van der Waals surface area contributed by atoms with Gasteiger partial charge in [0.1, 0.15) is 17.6 Å². The van der Waals surface area contributed by atoms with Crippen LogP contribution in [0.15, 0.2) is 115 Å². The van der Waals surface area contributed by atoms with E-state index in [9.17, 15) is 9.59 Å². The van der Waals surface area contributed by atoms with Gasteiger partial charge in [0, 0.05) is 18.8 Å². The maximum absolute atomic E-state index is 15.5. The molecule has 1 unspecified atom stereocenters. The topological polar surface area (TPSA) is 77.1 Å². The molecule has 0 spiro atoms. The average molecular weight is 569 g/mol. The van der Waals surface area contributed by atoms with Crippen LogP contribution < -0.4 is 14.8 Å². The van der Waals surface area contributed by atoms with Gasteiger partial charge in [-0.2, -0.15) is 4.39 Å². The number of hydrogen-bond donors (Lipinski definition) is 1. The van der Waals surface area contributed by atoms with Crippen molar-refractivity contribution in [3.05, 3.63) is 126 Å². The summed E-state index contributed by atoms with van der Waals surface area (Å²) >= 11 is 0. The lowest BCUT2D eigenvalue weighted by atomic mass is 9.94. The Kier molecular flexibility index (Phi) is 9.14. The van der Waals surface area contributed by atoms with E-state index in [4.69, 9.17) is 9.47 Å². The first-order valence-electron chi connectivity index (χ1n) is 13.9.